The highest BCUT2D eigenvalue weighted by Gasteiger charge is 2.32. The van der Waals surface area contributed by atoms with E-state index in [-0.39, 0.29) is 5.41 Å². The first-order chi connectivity index (χ1) is 6.70. The zero-order chi connectivity index (χ0) is 12.1. The smallest absolute Gasteiger partial charge is 0.0670 e. The van der Waals surface area contributed by atoms with E-state index in [0.29, 0.717) is 5.41 Å². The fourth-order valence-corrected chi connectivity index (χ4v) is 1.79. The van der Waals surface area contributed by atoms with E-state index in [1.165, 1.54) is 0 Å². The molecule has 0 aromatic rings. The van der Waals surface area contributed by atoms with Gasteiger partial charge in [0.05, 0.1) is 5.03 Å². The third kappa shape index (κ3) is 5.26. The van der Waals surface area contributed by atoms with Gasteiger partial charge in [-0.1, -0.05) is 34.6 Å². The molecule has 0 bridgehead atoms. The van der Waals surface area contributed by atoms with Crippen LogP contribution in [0.4, 0.5) is 0 Å². The third-order valence-electron chi connectivity index (χ3n) is 3.02. The summed E-state index contributed by atoms with van der Waals surface area (Å²) in [6.07, 6.45) is 3.58. The lowest BCUT2D eigenvalue weighted by molar-refractivity contribution is 0.163. The van der Waals surface area contributed by atoms with Crippen LogP contribution < -0.4 is 5.73 Å². The van der Waals surface area contributed by atoms with Crippen LogP contribution in [0.2, 0.25) is 0 Å². The Labute approximate surface area is 98.4 Å². The first-order valence-corrected chi connectivity index (χ1v) is 6.20. The van der Waals surface area contributed by atoms with Crippen LogP contribution in [0.3, 0.4) is 0 Å². The van der Waals surface area contributed by atoms with Gasteiger partial charge >= 0.3 is 0 Å². The highest BCUT2D eigenvalue weighted by molar-refractivity contribution is 8.03. The van der Waals surface area contributed by atoms with Crippen LogP contribution >= 0.6 is 11.8 Å². The highest BCUT2D eigenvalue weighted by atomic mass is 32.2. The molecule has 88 valence electrons. The molecule has 0 spiro atoms. The monoisotopic (exact) mass is 228 g/mol. The topological polar surface area (TPSA) is 38.4 Å². The fourth-order valence-electron chi connectivity index (χ4n) is 0.676. The Balaban J connectivity index is 4.27. The molecular formula is C12H24N2S. The van der Waals surface area contributed by atoms with Gasteiger partial charge in [-0.3, -0.25) is 4.99 Å². The minimum atomic E-state index is 0.263. The SMILES string of the molecule is CN=C/C=C(\N)SCC(C)(C)C(C)(C)C. The lowest BCUT2D eigenvalue weighted by atomic mass is 9.71. The van der Waals surface area contributed by atoms with Gasteiger partial charge in [0.2, 0.25) is 0 Å². The fraction of sp³-hybridized carbons (Fsp3) is 0.750. The summed E-state index contributed by atoms with van der Waals surface area (Å²) in [4.78, 5) is 3.87. The molecule has 0 saturated heterocycles. The molecule has 0 heterocycles. The normalized spacial score (nSPS) is 14.9. The molecule has 2 nitrogen and oxygen atoms in total. The molecule has 0 unspecified atom stereocenters. The zero-order valence-corrected chi connectivity index (χ0v) is 11.6. The van der Waals surface area contributed by atoms with E-state index in [4.69, 9.17) is 5.73 Å². The molecule has 0 radical (unpaired) electrons. The Morgan fingerprint density at radius 3 is 2.20 bits per heavy atom. The molecule has 0 aromatic heterocycles. The number of rotatable bonds is 4. The van der Waals surface area contributed by atoms with Crippen LogP contribution in [0.15, 0.2) is 16.1 Å². The number of hydrogen-bond donors (Lipinski definition) is 1. The summed E-state index contributed by atoms with van der Waals surface area (Å²) in [7, 11) is 1.74. The first-order valence-electron chi connectivity index (χ1n) is 5.21. The number of allylic oxidation sites excluding steroid dienone is 1. The molecule has 0 aliphatic carbocycles. The van der Waals surface area contributed by atoms with Gasteiger partial charge in [0.15, 0.2) is 0 Å². The summed E-state index contributed by atoms with van der Waals surface area (Å²) in [5.74, 6) is 1.02. The molecule has 0 amide bonds. The second-order valence-electron chi connectivity index (χ2n) is 5.40. The molecule has 0 rings (SSSR count). The van der Waals surface area contributed by atoms with Crippen molar-refractivity contribution in [2.45, 2.75) is 34.6 Å². The number of hydrogen-bond acceptors (Lipinski definition) is 3. The van der Waals surface area contributed by atoms with Crippen LogP contribution in [0, 0.1) is 10.8 Å². The van der Waals surface area contributed by atoms with Crippen LogP contribution in [0.1, 0.15) is 34.6 Å². The highest BCUT2D eigenvalue weighted by Crippen LogP contribution is 2.41. The van der Waals surface area contributed by atoms with E-state index in [1.54, 1.807) is 25.0 Å². The summed E-state index contributed by atoms with van der Waals surface area (Å²) in [5, 5.41) is 0.831. The van der Waals surface area contributed by atoms with Crippen molar-refractivity contribution in [1.29, 1.82) is 0 Å². The second kappa shape index (κ2) is 5.59. The van der Waals surface area contributed by atoms with Crippen molar-refractivity contribution in [2.24, 2.45) is 21.6 Å². The quantitative estimate of drug-likeness (QED) is 0.750. The third-order valence-corrected chi connectivity index (χ3v) is 4.35. The van der Waals surface area contributed by atoms with E-state index in [0.717, 1.165) is 10.8 Å². The summed E-state index contributed by atoms with van der Waals surface area (Å²) in [5.41, 5.74) is 6.40. The molecule has 0 aromatic carbocycles. The second-order valence-corrected chi connectivity index (χ2v) is 6.45. The van der Waals surface area contributed by atoms with Gasteiger partial charge in [0.25, 0.3) is 0 Å². The molecule has 15 heavy (non-hydrogen) atoms. The molecular weight excluding hydrogens is 204 g/mol. The molecule has 0 saturated carbocycles. The molecule has 0 aliphatic heterocycles. The van der Waals surface area contributed by atoms with Crippen molar-refractivity contribution in [3.63, 3.8) is 0 Å². The number of aliphatic imine (C=N–C) groups is 1. The van der Waals surface area contributed by atoms with Gasteiger partial charge in [-0.05, 0) is 16.9 Å². The zero-order valence-electron chi connectivity index (χ0n) is 10.8. The van der Waals surface area contributed by atoms with E-state index < -0.39 is 0 Å². The Hall–Kier alpha value is -0.440. The Bertz CT molecular complexity index is 247. The maximum Gasteiger partial charge on any atom is 0.0670 e. The average Bonchev–Trinajstić information content (AvgIpc) is 2.09. The van der Waals surface area contributed by atoms with E-state index in [2.05, 4.69) is 39.6 Å². The van der Waals surface area contributed by atoms with E-state index >= 15 is 0 Å². The van der Waals surface area contributed by atoms with Gasteiger partial charge in [0.1, 0.15) is 0 Å². The lowest BCUT2D eigenvalue weighted by Gasteiger charge is -2.38. The van der Waals surface area contributed by atoms with Crippen LogP contribution in [0.5, 0.6) is 0 Å². The van der Waals surface area contributed by atoms with Crippen molar-refractivity contribution in [3.8, 4) is 0 Å². The summed E-state index contributed by atoms with van der Waals surface area (Å²) in [6, 6.07) is 0. The van der Waals surface area contributed by atoms with Gasteiger partial charge < -0.3 is 5.73 Å². The molecule has 3 heteroatoms. The number of nitrogens with two attached hydrogens (primary N) is 1. The Morgan fingerprint density at radius 1 is 1.27 bits per heavy atom. The summed E-state index contributed by atoms with van der Waals surface area (Å²) < 4.78 is 0. The first kappa shape index (κ1) is 14.6. The Morgan fingerprint density at radius 2 is 1.80 bits per heavy atom. The van der Waals surface area contributed by atoms with Crippen molar-refractivity contribution in [2.75, 3.05) is 12.8 Å². The minimum absolute atomic E-state index is 0.263. The van der Waals surface area contributed by atoms with Crippen molar-refractivity contribution >= 4 is 18.0 Å². The summed E-state index contributed by atoms with van der Waals surface area (Å²) in [6.45, 7) is 11.4. The van der Waals surface area contributed by atoms with Crippen LogP contribution in [0.25, 0.3) is 0 Å². The lowest BCUT2D eigenvalue weighted by Crippen LogP contribution is -2.32. The van der Waals surface area contributed by atoms with Gasteiger partial charge in [-0.15, -0.1) is 11.8 Å². The predicted octanol–water partition coefficient (Wildman–Crippen LogP) is 3.29. The van der Waals surface area contributed by atoms with Crippen molar-refractivity contribution in [3.05, 3.63) is 11.1 Å². The number of thioether (sulfide) groups is 1. The van der Waals surface area contributed by atoms with Crippen molar-refractivity contribution < 1.29 is 0 Å². The number of nitrogens with zero attached hydrogens (tertiary/aromatic N) is 1. The minimum Gasteiger partial charge on any atom is -0.393 e. The summed E-state index contributed by atoms with van der Waals surface area (Å²) >= 11 is 1.70. The molecule has 0 fully saturated rings. The molecule has 0 aliphatic rings. The van der Waals surface area contributed by atoms with Crippen molar-refractivity contribution in [1.82, 2.24) is 0 Å². The van der Waals surface area contributed by atoms with E-state index in [9.17, 15) is 0 Å². The maximum atomic E-state index is 5.84. The standard InChI is InChI=1S/C12H24N2S/c1-11(2,3)12(4,5)9-15-10(13)7-8-14-6/h7-8H,9,13H2,1-6H3/b10-7+,14-8?. The van der Waals surface area contributed by atoms with E-state index in [1.807, 2.05) is 6.08 Å². The van der Waals surface area contributed by atoms with Gasteiger partial charge in [-0.2, -0.15) is 0 Å². The molecule has 0 atom stereocenters. The van der Waals surface area contributed by atoms with Gasteiger partial charge in [-0.25, -0.2) is 0 Å². The maximum absolute atomic E-state index is 5.84. The van der Waals surface area contributed by atoms with Gasteiger partial charge in [0, 0.05) is 19.0 Å². The Kier molecular flexibility index (Phi) is 5.43. The average molecular weight is 228 g/mol. The van der Waals surface area contributed by atoms with Crippen LogP contribution in [-0.4, -0.2) is 19.0 Å². The van der Waals surface area contributed by atoms with Crippen LogP contribution in [-0.2, 0) is 0 Å². The predicted molar refractivity (Wildman–Crippen MR) is 72.4 cm³/mol. The molecule has 2 N–H and O–H groups in total. The largest absolute Gasteiger partial charge is 0.393 e.